The molecule has 28 heavy (non-hydrogen) atoms. The number of nitrogens with zero attached hydrogens (tertiary/aromatic N) is 2. The number of piperidine rings is 1. The lowest BCUT2D eigenvalue weighted by Crippen LogP contribution is -2.46. The van der Waals surface area contributed by atoms with E-state index in [1.807, 2.05) is 36.4 Å². The summed E-state index contributed by atoms with van der Waals surface area (Å²) in [5.41, 5.74) is 2.08. The zero-order chi connectivity index (χ0) is 19.9. The van der Waals surface area contributed by atoms with Crippen molar-refractivity contribution >= 4 is 17.5 Å². The molecule has 0 radical (unpaired) electrons. The second-order valence-corrected chi connectivity index (χ2v) is 8.41. The zero-order valence-electron chi connectivity index (χ0n) is 16.8. The summed E-state index contributed by atoms with van der Waals surface area (Å²) in [6.45, 7) is 7.44. The van der Waals surface area contributed by atoms with Crippen LogP contribution in [0.25, 0.3) is 0 Å². The van der Waals surface area contributed by atoms with Gasteiger partial charge in [-0.05, 0) is 80.6 Å². The zero-order valence-corrected chi connectivity index (χ0v) is 17.5. The Labute approximate surface area is 173 Å². The van der Waals surface area contributed by atoms with Crippen LogP contribution in [0.2, 0.25) is 5.02 Å². The Morgan fingerprint density at radius 3 is 2.46 bits per heavy atom. The van der Waals surface area contributed by atoms with Gasteiger partial charge in [-0.3, -0.25) is 14.7 Å². The average molecular weight is 400 g/mol. The van der Waals surface area contributed by atoms with Gasteiger partial charge in [-0.2, -0.15) is 0 Å². The average Bonchev–Trinajstić information content (AvgIpc) is 2.72. The third kappa shape index (κ3) is 5.79. The number of rotatable bonds is 7. The number of hydrogen-bond donors (Lipinski definition) is 1. The van der Waals surface area contributed by atoms with Crippen LogP contribution in [0.3, 0.4) is 0 Å². The van der Waals surface area contributed by atoms with E-state index in [2.05, 4.69) is 29.0 Å². The summed E-state index contributed by atoms with van der Waals surface area (Å²) >= 11 is 6.04. The van der Waals surface area contributed by atoms with Crippen molar-refractivity contribution in [1.29, 1.82) is 0 Å². The highest BCUT2D eigenvalue weighted by Crippen LogP contribution is 2.23. The number of aromatic nitrogens is 1. The number of pyridine rings is 1. The van der Waals surface area contributed by atoms with Crippen molar-refractivity contribution in [2.24, 2.45) is 5.92 Å². The molecule has 0 aliphatic carbocycles. The number of carbonyl (C=O) groups is 1. The van der Waals surface area contributed by atoms with Crippen molar-refractivity contribution in [3.05, 3.63) is 64.9 Å². The number of carbonyl (C=O) groups excluding carboxylic acids is 1. The van der Waals surface area contributed by atoms with Gasteiger partial charge in [0.2, 0.25) is 5.91 Å². The monoisotopic (exact) mass is 399 g/mol. The molecule has 4 nitrogen and oxygen atoms in total. The highest BCUT2D eigenvalue weighted by atomic mass is 35.5. The maximum absolute atomic E-state index is 13.1. The molecule has 1 fully saturated rings. The SMILES string of the molecule is CC1CCN(C(C)CNC(=O)C(Cc2ccncc2)c2ccc(Cl)cc2)CC1. The van der Waals surface area contributed by atoms with E-state index in [9.17, 15) is 4.79 Å². The van der Waals surface area contributed by atoms with Crippen molar-refractivity contribution < 1.29 is 4.79 Å². The fraction of sp³-hybridized carbons (Fsp3) is 0.478. The lowest BCUT2D eigenvalue weighted by atomic mass is 9.91. The molecule has 1 aliphatic heterocycles. The number of halogens is 1. The van der Waals surface area contributed by atoms with E-state index < -0.39 is 0 Å². The van der Waals surface area contributed by atoms with Gasteiger partial charge in [0.15, 0.2) is 0 Å². The summed E-state index contributed by atoms with van der Waals surface area (Å²) in [6.07, 6.45) is 6.67. The molecule has 1 aromatic carbocycles. The van der Waals surface area contributed by atoms with Gasteiger partial charge in [-0.15, -0.1) is 0 Å². The molecule has 1 aromatic heterocycles. The number of nitrogens with one attached hydrogen (secondary N) is 1. The van der Waals surface area contributed by atoms with Gasteiger partial charge in [-0.25, -0.2) is 0 Å². The molecule has 5 heteroatoms. The Morgan fingerprint density at radius 2 is 1.82 bits per heavy atom. The quantitative estimate of drug-likeness (QED) is 0.755. The molecule has 0 bridgehead atoms. The Balaban J connectivity index is 1.65. The fourth-order valence-electron chi connectivity index (χ4n) is 3.78. The minimum atomic E-state index is -0.242. The molecule has 3 rings (SSSR count). The molecular weight excluding hydrogens is 370 g/mol. The van der Waals surface area contributed by atoms with Crippen LogP contribution in [0.5, 0.6) is 0 Å². The van der Waals surface area contributed by atoms with Gasteiger partial charge in [0.25, 0.3) is 0 Å². The maximum atomic E-state index is 13.1. The van der Waals surface area contributed by atoms with E-state index in [0.717, 1.165) is 30.1 Å². The molecule has 150 valence electrons. The molecule has 2 aromatic rings. The molecule has 1 amide bonds. The van der Waals surface area contributed by atoms with Crippen LogP contribution in [-0.4, -0.2) is 41.5 Å². The molecule has 1 aliphatic rings. The van der Waals surface area contributed by atoms with Gasteiger partial charge in [0, 0.05) is 30.0 Å². The normalized spacial score (nSPS) is 17.8. The van der Waals surface area contributed by atoms with Gasteiger partial charge < -0.3 is 5.32 Å². The van der Waals surface area contributed by atoms with Gasteiger partial charge >= 0.3 is 0 Å². The van der Waals surface area contributed by atoms with Crippen LogP contribution in [0.15, 0.2) is 48.8 Å². The number of hydrogen-bond acceptors (Lipinski definition) is 3. The van der Waals surface area contributed by atoms with E-state index in [4.69, 9.17) is 11.6 Å². The van der Waals surface area contributed by atoms with Crippen molar-refractivity contribution in [1.82, 2.24) is 15.2 Å². The van der Waals surface area contributed by atoms with E-state index in [-0.39, 0.29) is 11.8 Å². The lowest BCUT2D eigenvalue weighted by Gasteiger charge is -2.35. The smallest absolute Gasteiger partial charge is 0.227 e. The number of benzene rings is 1. The molecule has 2 heterocycles. The first-order chi connectivity index (χ1) is 13.5. The first kappa shape index (κ1) is 20.8. The summed E-state index contributed by atoms with van der Waals surface area (Å²) in [7, 11) is 0. The molecule has 2 unspecified atom stereocenters. The standard InChI is InChI=1S/C23H30ClN3O/c1-17-9-13-27(14-10-17)18(2)16-26-23(28)22(15-19-7-11-25-12-8-19)20-3-5-21(24)6-4-20/h3-8,11-12,17-18,22H,9-10,13-16H2,1-2H3,(H,26,28). The topological polar surface area (TPSA) is 45.2 Å². The predicted molar refractivity (Wildman–Crippen MR) is 115 cm³/mol. The summed E-state index contributed by atoms with van der Waals surface area (Å²) in [5, 5.41) is 3.88. The van der Waals surface area contributed by atoms with Crippen molar-refractivity contribution in [3.8, 4) is 0 Å². The van der Waals surface area contributed by atoms with Crippen LogP contribution >= 0.6 is 11.6 Å². The maximum Gasteiger partial charge on any atom is 0.227 e. The predicted octanol–water partition coefficient (Wildman–Crippen LogP) is 4.30. The second-order valence-electron chi connectivity index (χ2n) is 7.98. The first-order valence-corrected chi connectivity index (χ1v) is 10.6. The second kappa shape index (κ2) is 10.0. The first-order valence-electron chi connectivity index (χ1n) is 10.2. The largest absolute Gasteiger partial charge is 0.354 e. The highest BCUT2D eigenvalue weighted by molar-refractivity contribution is 6.30. The van der Waals surface area contributed by atoms with E-state index in [1.165, 1.54) is 12.8 Å². The van der Waals surface area contributed by atoms with Crippen LogP contribution < -0.4 is 5.32 Å². The molecule has 1 N–H and O–H groups in total. The molecule has 1 saturated heterocycles. The summed E-state index contributed by atoms with van der Waals surface area (Å²) < 4.78 is 0. The van der Waals surface area contributed by atoms with Crippen LogP contribution in [-0.2, 0) is 11.2 Å². The van der Waals surface area contributed by atoms with Crippen molar-refractivity contribution in [2.45, 2.75) is 45.1 Å². The van der Waals surface area contributed by atoms with E-state index in [1.54, 1.807) is 12.4 Å². The lowest BCUT2D eigenvalue weighted by molar-refractivity contribution is -0.122. The Morgan fingerprint density at radius 1 is 1.18 bits per heavy atom. The van der Waals surface area contributed by atoms with E-state index >= 15 is 0 Å². The van der Waals surface area contributed by atoms with Crippen LogP contribution in [0.4, 0.5) is 0 Å². The van der Waals surface area contributed by atoms with Crippen LogP contribution in [0.1, 0.15) is 43.7 Å². The van der Waals surface area contributed by atoms with Crippen molar-refractivity contribution in [3.63, 3.8) is 0 Å². The molecular formula is C23H30ClN3O. The minimum Gasteiger partial charge on any atom is -0.354 e. The third-order valence-corrected chi connectivity index (χ3v) is 6.04. The number of amides is 1. The van der Waals surface area contributed by atoms with E-state index in [0.29, 0.717) is 24.0 Å². The Hall–Kier alpha value is -1.91. The van der Waals surface area contributed by atoms with Gasteiger partial charge in [-0.1, -0.05) is 30.7 Å². The summed E-state index contributed by atoms with van der Waals surface area (Å²) in [6, 6.07) is 11.9. The summed E-state index contributed by atoms with van der Waals surface area (Å²) in [4.78, 5) is 19.7. The fourth-order valence-corrected chi connectivity index (χ4v) is 3.91. The Bertz CT molecular complexity index is 742. The number of likely N-dealkylation sites (tertiary alicyclic amines) is 1. The van der Waals surface area contributed by atoms with Crippen LogP contribution in [0, 0.1) is 5.92 Å². The molecule has 0 spiro atoms. The molecule has 0 saturated carbocycles. The minimum absolute atomic E-state index is 0.0661. The van der Waals surface area contributed by atoms with Gasteiger partial charge in [0.1, 0.15) is 0 Å². The van der Waals surface area contributed by atoms with Crippen molar-refractivity contribution in [2.75, 3.05) is 19.6 Å². The molecule has 2 atom stereocenters. The Kier molecular flexibility index (Phi) is 7.46. The summed E-state index contributed by atoms with van der Waals surface area (Å²) in [5.74, 6) is 0.636. The highest BCUT2D eigenvalue weighted by Gasteiger charge is 2.24. The van der Waals surface area contributed by atoms with Gasteiger partial charge in [0.05, 0.1) is 5.92 Å². The third-order valence-electron chi connectivity index (χ3n) is 5.79.